The maximum Gasteiger partial charge on any atom is 0.182 e. The Morgan fingerprint density at radius 2 is 1.83 bits per heavy atom. The predicted molar refractivity (Wildman–Crippen MR) is 84.8 cm³/mol. The lowest BCUT2D eigenvalue weighted by molar-refractivity contribution is 0.204. The van der Waals surface area contributed by atoms with Crippen LogP contribution in [-0.4, -0.2) is 29.2 Å². The minimum Gasteiger partial charge on any atom is -0.394 e. The third kappa shape index (κ3) is 4.15. The van der Waals surface area contributed by atoms with Gasteiger partial charge in [-0.25, -0.2) is 19.7 Å². The number of hydrogen-bond donors (Lipinski definition) is 4. The molecule has 0 fully saturated rings. The van der Waals surface area contributed by atoms with Crippen molar-refractivity contribution in [3.63, 3.8) is 0 Å². The van der Waals surface area contributed by atoms with E-state index in [1.807, 2.05) is 0 Å². The molecule has 0 amide bonds. The first kappa shape index (κ1) is 16.7. The number of anilines is 2. The smallest absolute Gasteiger partial charge is 0.182 e. The molecule has 0 aromatic heterocycles. The van der Waals surface area contributed by atoms with Gasteiger partial charge in [-0.2, -0.15) is 0 Å². The molecular weight excluding hydrogens is 304 g/mol. The molecule has 23 heavy (non-hydrogen) atoms. The molecule has 0 heterocycles. The molecule has 2 rings (SSSR count). The SMILES string of the molecule is N/C(=N\N(N)CCO)c1ccccc1Nc1cccc(F)c1F. The molecule has 0 aliphatic rings. The maximum atomic E-state index is 13.8. The summed E-state index contributed by atoms with van der Waals surface area (Å²) in [6.45, 7) is -0.0729. The summed E-state index contributed by atoms with van der Waals surface area (Å²) in [5, 5.41) is 16.5. The van der Waals surface area contributed by atoms with E-state index in [1.54, 1.807) is 24.3 Å². The summed E-state index contributed by atoms with van der Waals surface area (Å²) in [6.07, 6.45) is 0. The fourth-order valence-electron chi connectivity index (χ4n) is 1.91. The molecule has 6 nitrogen and oxygen atoms in total. The lowest BCUT2D eigenvalue weighted by atomic mass is 10.1. The van der Waals surface area contributed by atoms with Gasteiger partial charge in [-0.15, -0.1) is 5.10 Å². The Hall–Kier alpha value is -2.71. The van der Waals surface area contributed by atoms with E-state index in [9.17, 15) is 8.78 Å². The van der Waals surface area contributed by atoms with Crippen molar-refractivity contribution >= 4 is 17.2 Å². The zero-order chi connectivity index (χ0) is 16.8. The Balaban J connectivity index is 2.32. The second-order valence-electron chi connectivity index (χ2n) is 4.64. The van der Waals surface area contributed by atoms with E-state index < -0.39 is 11.6 Å². The summed E-state index contributed by atoms with van der Waals surface area (Å²) in [5.41, 5.74) is 6.77. The van der Waals surface area contributed by atoms with Gasteiger partial charge in [0, 0.05) is 11.3 Å². The van der Waals surface area contributed by atoms with Crippen LogP contribution in [0.5, 0.6) is 0 Å². The highest BCUT2D eigenvalue weighted by Gasteiger charge is 2.11. The number of rotatable bonds is 6. The fraction of sp³-hybridized carbons (Fsp3) is 0.133. The normalized spacial score (nSPS) is 11.4. The third-order valence-corrected chi connectivity index (χ3v) is 2.99. The van der Waals surface area contributed by atoms with Gasteiger partial charge in [0.05, 0.1) is 18.8 Å². The molecule has 0 radical (unpaired) electrons. The van der Waals surface area contributed by atoms with E-state index in [4.69, 9.17) is 16.7 Å². The maximum absolute atomic E-state index is 13.8. The van der Waals surface area contributed by atoms with E-state index in [2.05, 4.69) is 10.4 Å². The molecule has 0 atom stereocenters. The van der Waals surface area contributed by atoms with Gasteiger partial charge < -0.3 is 16.2 Å². The van der Waals surface area contributed by atoms with Gasteiger partial charge in [-0.1, -0.05) is 18.2 Å². The average Bonchev–Trinajstić information content (AvgIpc) is 2.52. The fourth-order valence-corrected chi connectivity index (χ4v) is 1.91. The number of hydrazone groups is 1. The monoisotopic (exact) mass is 321 g/mol. The van der Waals surface area contributed by atoms with Gasteiger partial charge in [0.25, 0.3) is 0 Å². The van der Waals surface area contributed by atoms with Crippen LogP contribution in [0, 0.1) is 11.6 Å². The first-order chi connectivity index (χ1) is 11.0. The lowest BCUT2D eigenvalue weighted by Crippen LogP contribution is -2.32. The Morgan fingerprint density at radius 1 is 1.13 bits per heavy atom. The van der Waals surface area contributed by atoms with E-state index in [0.29, 0.717) is 11.3 Å². The molecule has 0 bridgehead atoms. The summed E-state index contributed by atoms with van der Waals surface area (Å²) in [5.74, 6) is 3.67. The molecule has 0 unspecified atom stereocenters. The molecule has 2 aromatic carbocycles. The van der Waals surface area contributed by atoms with Crippen LogP contribution in [0.2, 0.25) is 0 Å². The largest absolute Gasteiger partial charge is 0.394 e. The minimum absolute atomic E-state index is 0.0230. The van der Waals surface area contributed by atoms with Crippen LogP contribution in [0.15, 0.2) is 47.6 Å². The van der Waals surface area contributed by atoms with Crippen LogP contribution in [0.25, 0.3) is 0 Å². The van der Waals surface area contributed by atoms with Crippen LogP contribution in [0.3, 0.4) is 0 Å². The Labute approximate surface area is 132 Å². The zero-order valence-electron chi connectivity index (χ0n) is 12.2. The first-order valence-corrected chi connectivity index (χ1v) is 6.80. The topological polar surface area (TPSA) is 99.9 Å². The zero-order valence-corrected chi connectivity index (χ0v) is 12.2. The summed E-state index contributed by atoms with van der Waals surface area (Å²) >= 11 is 0. The number of nitrogens with one attached hydrogen (secondary N) is 1. The Morgan fingerprint density at radius 3 is 2.57 bits per heavy atom. The number of amidine groups is 1. The molecule has 0 spiro atoms. The van der Waals surface area contributed by atoms with Crippen LogP contribution in [0.4, 0.5) is 20.2 Å². The summed E-state index contributed by atoms with van der Waals surface area (Å²) < 4.78 is 27.1. The minimum atomic E-state index is -0.987. The quantitative estimate of drug-likeness (QED) is 0.280. The number of benzene rings is 2. The van der Waals surface area contributed by atoms with Crippen molar-refractivity contribution in [1.82, 2.24) is 5.12 Å². The molecule has 6 N–H and O–H groups in total. The first-order valence-electron chi connectivity index (χ1n) is 6.80. The van der Waals surface area contributed by atoms with Gasteiger partial charge in [-0.05, 0) is 24.3 Å². The van der Waals surface area contributed by atoms with Crippen molar-refractivity contribution in [3.05, 3.63) is 59.7 Å². The molecule has 0 aliphatic carbocycles. The van der Waals surface area contributed by atoms with Gasteiger partial charge in [0.15, 0.2) is 17.5 Å². The van der Waals surface area contributed by atoms with Gasteiger partial charge >= 0.3 is 0 Å². The highest BCUT2D eigenvalue weighted by molar-refractivity contribution is 6.02. The van der Waals surface area contributed by atoms with Crippen molar-refractivity contribution in [2.24, 2.45) is 16.7 Å². The number of hydrogen-bond acceptors (Lipinski definition) is 5. The second kappa shape index (κ2) is 7.52. The number of hydrazine groups is 1. The summed E-state index contributed by atoms with van der Waals surface area (Å²) in [6, 6.07) is 10.6. The third-order valence-electron chi connectivity index (χ3n) is 2.99. The standard InChI is InChI=1S/C15H17F2N5O/c16-11-5-3-7-13(14(11)17)20-12-6-2-1-4-10(12)15(18)21-22(19)8-9-23/h1-7,20,23H,8-9,19H2,(H2,18,21). The van der Waals surface area contributed by atoms with Crippen molar-refractivity contribution in [1.29, 1.82) is 0 Å². The second-order valence-corrected chi connectivity index (χ2v) is 4.64. The summed E-state index contributed by atoms with van der Waals surface area (Å²) in [4.78, 5) is 0. The number of aliphatic hydroxyl groups excluding tert-OH is 1. The number of halogens is 2. The number of nitrogens with zero attached hydrogens (tertiary/aromatic N) is 2. The predicted octanol–water partition coefficient (Wildman–Crippen LogP) is 1.50. The number of nitrogens with two attached hydrogens (primary N) is 2. The van der Waals surface area contributed by atoms with Crippen molar-refractivity contribution < 1.29 is 13.9 Å². The number of para-hydroxylation sites is 1. The van der Waals surface area contributed by atoms with E-state index in [-0.39, 0.29) is 24.7 Å². The molecular formula is C15H17F2N5O. The van der Waals surface area contributed by atoms with Crippen molar-refractivity contribution in [3.8, 4) is 0 Å². The Bertz CT molecular complexity index is 708. The molecule has 122 valence electrons. The van der Waals surface area contributed by atoms with Crippen molar-refractivity contribution in [2.45, 2.75) is 0 Å². The van der Waals surface area contributed by atoms with Gasteiger partial charge in [0.1, 0.15) is 0 Å². The Kier molecular flexibility index (Phi) is 5.45. The lowest BCUT2D eigenvalue weighted by Gasteiger charge is -2.15. The number of aliphatic hydroxyl groups is 1. The van der Waals surface area contributed by atoms with Gasteiger partial charge in [0.2, 0.25) is 0 Å². The van der Waals surface area contributed by atoms with Crippen LogP contribution < -0.4 is 16.9 Å². The molecule has 0 saturated heterocycles. The van der Waals surface area contributed by atoms with Crippen molar-refractivity contribution in [2.75, 3.05) is 18.5 Å². The highest BCUT2D eigenvalue weighted by Crippen LogP contribution is 2.24. The molecule has 2 aromatic rings. The van der Waals surface area contributed by atoms with Crippen LogP contribution >= 0.6 is 0 Å². The highest BCUT2D eigenvalue weighted by atomic mass is 19.2. The van der Waals surface area contributed by atoms with Crippen LogP contribution in [-0.2, 0) is 0 Å². The van der Waals surface area contributed by atoms with E-state index >= 15 is 0 Å². The van der Waals surface area contributed by atoms with Crippen LogP contribution in [0.1, 0.15) is 5.56 Å². The summed E-state index contributed by atoms with van der Waals surface area (Å²) in [7, 11) is 0. The average molecular weight is 321 g/mol. The van der Waals surface area contributed by atoms with E-state index in [1.165, 1.54) is 12.1 Å². The molecule has 0 aliphatic heterocycles. The molecule has 0 saturated carbocycles. The van der Waals surface area contributed by atoms with Gasteiger partial charge in [-0.3, -0.25) is 0 Å². The van der Waals surface area contributed by atoms with E-state index in [0.717, 1.165) is 11.2 Å². The molecule has 8 heteroatoms.